The molecule has 0 bridgehead atoms. The van der Waals surface area contributed by atoms with Crippen molar-refractivity contribution in [3.05, 3.63) is 54.1 Å². The molecule has 156 valence electrons. The van der Waals surface area contributed by atoms with Crippen LogP contribution in [-0.4, -0.2) is 58.9 Å². The van der Waals surface area contributed by atoms with E-state index < -0.39 is 0 Å². The van der Waals surface area contributed by atoms with Gasteiger partial charge in [0.05, 0.1) is 11.0 Å². The van der Waals surface area contributed by atoms with Gasteiger partial charge in [-0.2, -0.15) is 0 Å². The lowest BCUT2D eigenvalue weighted by Gasteiger charge is -2.39. The second-order valence-corrected chi connectivity index (χ2v) is 8.95. The molecule has 0 radical (unpaired) electrons. The van der Waals surface area contributed by atoms with E-state index in [9.17, 15) is 4.79 Å². The van der Waals surface area contributed by atoms with Crippen molar-refractivity contribution >= 4 is 16.9 Å². The Morgan fingerprint density at radius 2 is 1.53 bits per heavy atom. The highest BCUT2D eigenvalue weighted by molar-refractivity contribution is 5.94. The zero-order valence-electron chi connectivity index (χ0n) is 17.7. The zero-order chi connectivity index (χ0) is 20.5. The second kappa shape index (κ2) is 8.23. The Morgan fingerprint density at radius 1 is 0.900 bits per heavy atom. The van der Waals surface area contributed by atoms with E-state index in [4.69, 9.17) is 0 Å². The lowest BCUT2D eigenvalue weighted by Crippen LogP contribution is -2.42. The molecule has 5 heteroatoms. The third-order valence-electron chi connectivity index (χ3n) is 7.05. The Hall–Kier alpha value is -2.66. The first-order valence-corrected chi connectivity index (χ1v) is 11.2. The molecule has 5 rings (SSSR count). The van der Waals surface area contributed by atoms with Gasteiger partial charge in [-0.25, -0.2) is 4.98 Å². The number of amides is 1. The van der Waals surface area contributed by atoms with Crippen molar-refractivity contribution in [3.63, 3.8) is 0 Å². The van der Waals surface area contributed by atoms with Gasteiger partial charge in [-0.3, -0.25) is 4.79 Å². The molecule has 5 nitrogen and oxygen atoms in total. The van der Waals surface area contributed by atoms with Crippen LogP contribution in [-0.2, 0) is 0 Å². The third-order valence-corrected chi connectivity index (χ3v) is 7.05. The van der Waals surface area contributed by atoms with Crippen LogP contribution in [0.5, 0.6) is 0 Å². The van der Waals surface area contributed by atoms with Crippen LogP contribution in [0.15, 0.2) is 48.5 Å². The maximum Gasteiger partial charge on any atom is 0.253 e. The molecular formula is C25H30N4O. The topological polar surface area (TPSA) is 52.2 Å². The fourth-order valence-corrected chi connectivity index (χ4v) is 5.12. The molecule has 3 heterocycles. The lowest BCUT2D eigenvalue weighted by molar-refractivity contribution is 0.0615. The van der Waals surface area contributed by atoms with Crippen LogP contribution in [0.4, 0.5) is 0 Å². The van der Waals surface area contributed by atoms with Gasteiger partial charge in [-0.05, 0) is 81.9 Å². The largest absolute Gasteiger partial charge is 0.339 e. The van der Waals surface area contributed by atoms with Gasteiger partial charge in [0.2, 0.25) is 0 Å². The molecule has 1 aromatic heterocycles. The summed E-state index contributed by atoms with van der Waals surface area (Å²) >= 11 is 0. The van der Waals surface area contributed by atoms with Crippen LogP contribution < -0.4 is 0 Å². The summed E-state index contributed by atoms with van der Waals surface area (Å²) in [4.78, 5) is 25.5. The number of carbonyl (C=O) groups excluding carboxylic acids is 1. The summed E-state index contributed by atoms with van der Waals surface area (Å²) < 4.78 is 0. The highest BCUT2D eigenvalue weighted by Crippen LogP contribution is 2.32. The minimum Gasteiger partial charge on any atom is -0.339 e. The fourth-order valence-electron chi connectivity index (χ4n) is 5.12. The molecule has 2 aliphatic rings. The molecule has 0 aliphatic carbocycles. The first-order valence-electron chi connectivity index (χ1n) is 11.2. The number of H-pyrrole nitrogens is 1. The number of nitrogens with zero attached hydrogens (tertiary/aromatic N) is 3. The number of nitrogens with one attached hydrogen (secondary N) is 1. The van der Waals surface area contributed by atoms with Crippen LogP contribution in [0.2, 0.25) is 0 Å². The number of likely N-dealkylation sites (tertiary alicyclic amines) is 2. The van der Waals surface area contributed by atoms with E-state index >= 15 is 0 Å². The SMILES string of the molecule is CN1CCC(C2CCN(C(=O)c3ccc(-c4nc5ccccc5[nH]4)cc3)CC2)CC1. The molecule has 3 aromatic rings. The zero-order valence-corrected chi connectivity index (χ0v) is 17.7. The summed E-state index contributed by atoms with van der Waals surface area (Å²) in [6, 6.07) is 15.9. The Bertz CT molecular complexity index is 976. The van der Waals surface area contributed by atoms with Crippen molar-refractivity contribution < 1.29 is 4.79 Å². The summed E-state index contributed by atoms with van der Waals surface area (Å²) in [6.07, 6.45) is 4.94. The van der Waals surface area contributed by atoms with E-state index in [0.717, 1.165) is 65.8 Å². The minimum atomic E-state index is 0.160. The quantitative estimate of drug-likeness (QED) is 0.705. The highest BCUT2D eigenvalue weighted by atomic mass is 16.2. The van der Waals surface area contributed by atoms with Crippen LogP contribution in [0.1, 0.15) is 36.0 Å². The second-order valence-electron chi connectivity index (χ2n) is 8.95. The van der Waals surface area contributed by atoms with E-state index in [1.807, 2.05) is 53.4 Å². The highest BCUT2D eigenvalue weighted by Gasteiger charge is 2.30. The van der Waals surface area contributed by atoms with Crippen LogP contribution >= 0.6 is 0 Å². The molecular weight excluding hydrogens is 372 g/mol. The standard InChI is InChI=1S/C25H30N4O/c1-28-14-10-18(11-15-28)19-12-16-29(17-13-19)25(30)21-8-6-20(7-9-21)24-26-22-4-2-3-5-23(22)27-24/h2-9,18-19H,10-17H2,1H3,(H,26,27). The molecule has 2 saturated heterocycles. The fraction of sp³-hybridized carbons (Fsp3) is 0.440. The van der Waals surface area contributed by atoms with Gasteiger partial charge in [0.15, 0.2) is 0 Å². The molecule has 2 aliphatic heterocycles. The van der Waals surface area contributed by atoms with E-state index in [0.29, 0.717) is 0 Å². The van der Waals surface area contributed by atoms with Gasteiger partial charge in [-0.1, -0.05) is 24.3 Å². The van der Waals surface area contributed by atoms with Crippen molar-refractivity contribution in [3.8, 4) is 11.4 Å². The van der Waals surface area contributed by atoms with E-state index in [1.165, 1.54) is 25.9 Å². The number of hydrogen-bond acceptors (Lipinski definition) is 3. The number of fused-ring (bicyclic) bond motifs is 1. The molecule has 0 unspecified atom stereocenters. The molecule has 0 spiro atoms. The van der Waals surface area contributed by atoms with E-state index in [2.05, 4.69) is 21.9 Å². The van der Waals surface area contributed by atoms with Gasteiger partial charge in [0, 0.05) is 24.2 Å². The predicted molar refractivity (Wildman–Crippen MR) is 120 cm³/mol. The Kier molecular flexibility index (Phi) is 5.30. The number of imidazole rings is 1. The third kappa shape index (κ3) is 3.86. The number of aromatic nitrogens is 2. The predicted octanol–water partition coefficient (Wildman–Crippen LogP) is 4.42. The molecule has 2 aromatic carbocycles. The molecule has 2 fully saturated rings. The monoisotopic (exact) mass is 402 g/mol. The minimum absolute atomic E-state index is 0.160. The van der Waals surface area contributed by atoms with Crippen molar-refractivity contribution in [2.45, 2.75) is 25.7 Å². The molecule has 0 atom stereocenters. The van der Waals surface area contributed by atoms with Gasteiger partial charge in [0.1, 0.15) is 5.82 Å². The summed E-state index contributed by atoms with van der Waals surface area (Å²) in [5.74, 6) is 2.64. The maximum absolute atomic E-state index is 13.0. The Labute approximate surface area is 178 Å². The first kappa shape index (κ1) is 19.3. The maximum atomic E-state index is 13.0. The van der Waals surface area contributed by atoms with Crippen molar-refractivity contribution in [2.75, 3.05) is 33.2 Å². The summed E-state index contributed by atoms with van der Waals surface area (Å²) in [5, 5.41) is 0. The number of aromatic amines is 1. The van der Waals surface area contributed by atoms with Gasteiger partial charge >= 0.3 is 0 Å². The summed E-state index contributed by atoms with van der Waals surface area (Å²) in [5.41, 5.74) is 3.76. The summed E-state index contributed by atoms with van der Waals surface area (Å²) in [7, 11) is 2.22. The average molecular weight is 403 g/mol. The number of rotatable bonds is 3. The molecule has 1 amide bonds. The lowest BCUT2D eigenvalue weighted by atomic mass is 9.79. The Balaban J connectivity index is 1.21. The van der Waals surface area contributed by atoms with Crippen molar-refractivity contribution in [1.29, 1.82) is 0 Å². The van der Waals surface area contributed by atoms with Crippen LogP contribution in [0.3, 0.4) is 0 Å². The Morgan fingerprint density at radius 3 is 2.20 bits per heavy atom. The van der Waals surface area contributed by atoms with Gasteiger partial charge < -0.3 is 14.8 Å². The smallest absolute Gasteiger partial charge is 0.253 e. The van der Waals surface area contributed by atoms with E-state index in [-0.39, 0.29) is 5.91 Å². The molecule has 30 heavy (non-hydrogen) atoms. The van der Waals surface area contributed by atoms with Crippen molar-refractivity contribution in [1.82, 2.24) is 19.8 Å². The molecule has 1 N–H and O–H groups in total. The van der Waals surface area contributed by atoms with E-state index in [1.54, 1.807) is 0 Å². The van der Waals surface area contributed by atoms with Crippen LogP contribution in [0, 0.1) is 11.8 Å². The molecule has 0 saturated carbocycles. The number of benzene rings is 2. The van der Waals surface area contributed by atoms with Gasteiger partial charge in [-0.15, -0.1) is 0 Å². The first-order chi connectivity index (χ1) is 14.7. The average Bonchev–Trinajstić information content (AvgIpc) is 3.24. The normalized spacial score (nSPS) is 19.4. The number of piperidine rings is 2. The van der Waals surface area contributed by atoms with Gasteiger partial charge in [0.25, 0.3) is 5.91 Å². The number of hydrogen-bond donors (Lipinski definition) is 1. The number of para-hydroxylation sites is 2. The number of carbonyl (C=O) groups is 1. The van der Waals surface area contributed by atoms with Crippen molar-refractivity contribution in [2.24, 2.45) is 11.8 Å². The summed E-state index contributed by atoms with van der Waals surface area (Å²) in [6.45, 7) is 4.23. The van der Waals surface area contributed by atoms with Crippen LogP contribution in [0.25, 0.3) is 22.4 Å².